The minimum atomic E-state index is -0.188. The highest BCUT2D eigenvalue weighted by atomic mass is 16.3. The van der Waals surface area contributed by atoms with Crippen molar-refractivity contribution >= 4 is 11.6 Å². The number of aliphatic hydroxyl groups is 1. The number of anilines is 1. The molecule has 0 spiro atoms. The summed E-state index contributed by atoms with van der Waals surface area (Å²) < 4.78 is 0. The maximum Gasteiger partial charge on any atom is 0.253 e. The zero-order valence-electron chi connectivity index (χ0n) is 14.8. The van der Waals surface area contributed by atoms with Gasteiger partial charge in [0.25, 0.3) is 5.91 Å². The van der Waals surface area contributed by atoms with E-state index in [0.717, 1.165) is 50.4 Å². The van der Waals surface area contributed by atoms with Gasteiger partial charge < -0.3 is 14.9 Å². The first-order valence-corrected chi connectivity index (χ1v) is 9.11. The van der Waals surface area contributed by atoms with Crippen molar-refractivity contribution in [1.82, 2.24) is 9.80 Å². The summed E-state index contributed by atoms with van der Waals surface area (Å²) >= 11 is 0. The Kier molecular flexibility index (Phi) is 5.41. The molecule has 1 N–H and O–H groups in total. The van der Waals surface area contributed by atoms with Gasteiger partial charge in [-0.05, 0) is 37.1 Å². The van der Waals surface area contributed by atoms with Crippen LogP contribution in [0.1, 0.15) is 36.5 Å². The van der Waals surface area contributed by atoms with Crippen molar-refractivity contribution in [2.24, 2.45) is 0 Å². The maximum atomic E-state index is 12.5. The van der Waals surface area contributed by atoms with Crippen LogP contribution in [0.15, 0.2) is 24.3 Å². The summed E-state index contributed by atoms with van der Waals surface area (Å²) in [5.41, 5.74) is 1.93. The number of carbonyl (C=O) groups excluding carboxylic acids is 1. The molecule has 5 nitrogen and oxygen atoms in total. The van der Waals surface area contributed by atoms with Gasteiger partial charge in [0.05, 0.1) is 6.10 Å². The lowest BCUT2D eigenvalue weighted by atomic mass is 10.0. The van der Waals surface area contributed by atoms with Crippen LogP contribution in [0.25, 0.3) is 0 Å². The summed E-state index contributed by atoms with van der Waals surface area (Å²) in [6.07, 6.45) is 3.03. The second-order valence-corrected chi connectivity index (χ2v) is 7.12. The molecule has 5 heteroatoms. The van der Waals surface area contributed by atoms with E-state index in [1.165, 1.54) is 12.8 Å². The van der Waals surface area contributed by atoms with Crippen molar-refractivity contribution in [1.29, 1.82) is 0 Å². The first-order chi connectivity index (χ1) is 11.6. The molecule has 1 atom stereocenters. The van der Waals surface area contributed by atoms with Crippen LogP contribution >= 0.6 is 0 Å². The maximum absolute atomic E-state index is 12.5. The zero-order chi connectivity index (χ0) is 17.1. The Hall–Kier alpha value is -1.59. The van der Waals surface area contributed by atoms with Gasteiger partial charge in [0.15, 0.2) is 0 Å². The third kappa shape index (κ3) is 3.73. The predicted octanol–water partition coefficient (Wildman–Crippen LogP) is 1.81. The number of unbranched alkanes of at least 4 members (excludes halogenated alkanes) is 1. The Labute approximate surface area is 144 Å². The van der Waals surface area contributed by atoms with Gasteiger partial charge in [-0.2, -0.15) is 0 Å². The summed E-state index contributed by atoms with van der Waals surface area (Å²) in [6, 6.07) is 8.37. The SMILES string of the molecule is CCCCN(C)c1ccc(C(=O)N2CC(N3CCC(O)C3)C2)cc1. The molecular formula is C19H29N3O2. The molecule has 2 fully saturated rings. The highest BCUT2D eigenvalue weighted by Gasteiger charge is 2.37. The molecule has 2 aliphatic heterocycles. The highest BCUT2D eigenvalue weighted by molar-refractivity contribution is 5.95. The number of nitrogens with zero attached hydrogens (tertiary/aromatic N) is 3. The van der Waals surface area contributed by atoms with Crippen molar-refractivity contribution in [3.05, 3.63) is 29.8 Å². The average molecular weight is 331 g/mol. The Balaban J connectivity index is 1.51. The topological polar surface area (TPSA) is 47.0 Å². The van der Waals surface area contributed by atoms with E-state index < -0.39 is 0 Å². The summed E-state index contributed by atoms with van der Waals surface area (Å²) in [5, 5.41) is 9.62. The summed E-state index contributed by atoms with van der Waals surface area (Å²) in [5.74, 6) is 0.119. The third-order valence-electron chi connectivity index (χ3n) is 5.26. The monoisotopic (exact) mass is 331 g/mol. The summed E-state index contributed by atoms with van der Waals surface area (Å²) in [7, 11) is 2.09. The fourth-order valence-electron chi connectivity index (χ4n) is 3.52. The van der Waals surface area contributed by atoms with Crippen molar-refractivity contribution in [2.75, 3.05) is 44.7 Å². The van der Waals surface area contributed by atoms with Crippen LogP contribution in [0.3, 0.4) is 0 Å². The summed E-state index contributed by atoms with van der Waals surface area (Å²) in [4.78, 5) is 19.0. The quantitative estimate of drug-likeness (QED) is 0.864. The van der Waals surface area contributed by atoms with Crippen molar-refractivity contribution in [2.45, 2.75) is 38.3 Å². The normalized spacial score (nSPS) is 21.8. The van der Waals surface area contributed by atoms with Crippen LogP contribution in [-0.2, 0) is 0 Å². The molecule has 0 bridgehead atoms. The second-order valence-electron chi connectivity index (χ2n) is 7.12. The Bertz CT molecular complexity index is 554. The van der Waals surface area contributed by atoms with E-state index in [-0.39, 0.29) is 12.0 Å². The lowest BCUT2D eigenvalue weighted by Crippen LogP contribution is -2.60. The molecule has 0 aromatic heterocycles. The number of aliphatic hydroxyl groups excluding tert-OH is 1. The Morgan fingerprint density at radius 2 is 1.96 bits per heavy atom. The minimum absolute atomic E-state index is 0.119. The van der Waals surface area contributed by atoms with E-state index in [2.05, 4.69) is 23.8 Å². The second kappa shape index (κ2) is 7.53. The van der Waals surface area contributed by atoms with E-state index in [0.29, 0.717) is 6.04 Å². The van der Waals surface area contributed by atoms with Gasteiger partial charge in [-0.1, -0.05) is 13.3 Å². The lowest BCUT2D eigenvalue weighted by molar-refractivity contribution is 0.0299. The molecule has 1 amide bonds. The van der Waals surface area contributed by atoms with E-state index >= 15 is 0 Å². The molecule has 132 valence electrons. The first-order valence-electron chi connectivity index (χ1n) is 9.11. The number of hydrogen-bond donors (Lipinski definition) is 1. The molecule has 3 rings (SSSR count). The largest absolute Gasteiger partial charge is 0.392 e. The van der Waals surface area contributed by atoms with E-state index in [9.17, 15) is 9.90 Å². The fourth-order valence-corrected chi connectivity index (χ4v) is 3.52. The van der Waals surface area contributed by atoms with E-state index in [4.69, 9.17) is 0 Å². The van der Waals surface area contributed by atoms with Crippen LogP contribution in [0.5, 0.6) is 0 Å². The van der Waals surface area contributed by atoms with Gasteiger partial charge in [-0.25, -0.2) is 0 Å². The molecule has 2 aliphatic rings. The Morgan fingerprint density at radius 3 is 2.54 bits per heavy atom. The lowest BCUT2D eigenvalue weighted by Gasteiger charge is -2.44. The van der Waals surface area contributed by atoms with Crippen LogP contribution < -0.4 is 4.90 Å². The first kappa shape index (κ1) is 17.2. The Morgan fingerprint density at radius 1 is 1.25 bits per heavy atom. The number of carbonyl (C=O) groups is 1. The van der Waals surface area contributed by atoms with E-state index in [1.807, 2.05) is 29.2 Å². The van der Waals surface area contributed by atoms with Crippen LogP contribution in [0.4, 0.5) is 5.69 Å². The number of likely N-dealkylation sites (tertiary alicyclic amines) is 2. The molecule has 1 unspecified atom stereocenters. The molecule has 0 radical (unpaired) electrons. The molecule has 24 heavy (non-hydrogen) atoms. The van der Waals surface area contributed by atoms with Gasteiger partial charge in [0.2, 0.25) is 0 Å². The van der Waals surface area contributed by atoms with Crippen molar-refractivity contribution in [3.63, 3.8) is 0 Å². The molecule has 2 saturated heterocycles. The standard InChI is InChI=1S/C19H29N3O2/c1-3-4-10-20(2)16-7-5-15(6-8-16)19(24)22-12-17(13-22)21-11-9-18(23)14-21/h5-8,17-18,23H,3-4,9-14H2,1-2H3. The molecule has 0 aliphatic carbocycles. The molecule has 1 aromatic carbocycles. The number of amides is 1. The smallest absolute Gasteiger partial charge is 0.253 e. The fraction of sp³-hybridized carbons (Fsp3) is 0.632. The summed E-state index contributed by atoms with van der Waals surface area (Å²) in [6.45, 7) is 6.50. The third-order valence-corrected chi connectivity index (χ3v) is 5.26. The van der Waals surface area contributed by atoms with Crippen LogP contribution in [0.2, 0.25) is 0 Å². The zero-order valence-corrected chi connectivity index (χ0v) is 14.8. The van der Waals surface area contributed by atoms with Gasteiger partial charge in [-0.15, -0.1) is 0 Å². The predicted molar refractivity (Wildman–Crippen MR) is 96.5 cm³/mol. The number of hydrogen-bond acceptors (Lipinski definition) is 4. The molecule has 1 aromatic rings. The molecule has 2 heterocycles. The van der Waals surface area contributed by atoms with Gasteiger partial charge in [-0.3, -0.25) is 9.69 Å². The minimum Gasteiger partial charge on any atom is -0.392 e. The van der Waals surface area contributed by atoms with Gasteiger partial charge in [0, 0.05) is 57.1 Å². The van der Waals surface area contributed by atoms with Crippen molar-refractivity contribution < 1.29 is 9.90 Å². The molecule has 0 saturated carbocycles. The van der Waals surface area contributed by atoms with Gasteiger partial charge >= 0.3 is 0 Å². The van der Waals surface area contributed by atoms with Crippen molar-refractivity contribution in [3.8, 4) is 0 Å². The highest BCUT2D eigenvalue weighted by Crippen LogP contribution is 2.23. The van der Waals surface area contributed by atoms with Gasteiger partial charge in [0.1, 0.15) is 0 Å². The average Bonchev–Trinajstić information content (AvgIpc) is 2.97. The van der Waals surface area contributed by atoms with Crippen LogP contribution in [-0.4, -0.2) is 72.7 Å². The van der Waals surface area contributed by atoms with Crippen LogP contribution in [0, 0.1) is 0 Å². The molecular weight excluding hydrogens is 302 g/mol. The van der Waals surface area contributed by atoms with E-state index in [1.54, 1.807) is 0 Å². The number of β-amino-alcohol motifs (C(OH)–C–C–N with tert-alkyl or cyclic N) is 1. The number of benzene rings is 1. The number of rotatable bonds is 6.